The SMILES string of the molecule is CCCCCCCCCCCCCCC[C@@H](F)[C@H](C)N. The summed E-state index contributed by atoms with van der Waals surface area (Å²) in [5.41, 5.74) is 5.51. The van der Waals surface area contributed by atoms with Gasteiger partial charge in [-0.3, -0.25) is 0 Å². The number of rotatable bonds is 15. The Kier molecular flexibility index (Phi) is 15.2. The van der Waals surface area contributed by atoms with Gasteiger partial charge in [0.05, 0.1) is 0 Å². The molecule has 0 fully saturated rings. The molecule has 0 rings (SSSR count). The number of hydrogen-bond acceptors (Lipinski definition) is 1. The first-order valence-corrected chi connectivity index (χ1v) is 9.08. The van der Waals surface area contributed by atoms with E-state index < -0.39 is 6.17 Å². The number of alkyl halides is 1. The maximum atomic E-state index is 13.2. The number of unbranched alkanes of at least 4 members (excludes halogenated alkanes) is 12. The third-order valence-electron chi connectivity index (χ3n) is 4.15. The molecule has 0 aliphatic heterocycles. The molecular weight excluding hydrogens is 249 g/mol. The third kappa shape index (κ3) is 14.3. The van der Waals surface area contributed by atoms with Crippen molar-refractivity contribution in [1.82, 2.24) is 0 Å². The van der Waals surface area contributed by atoms with Crippen LogP contribution in [0.25, 0.3) is 0 Å². The predicted octanol–water partition coefficient (Wildman–Crippen LogP) is 6.15. The van der Waals surface area contributed by atoms with Gasteiger partial charge in [0.25, 0.3) is 0 Å². The normalized spacial score (nSPS) is 14.4. The van der Waals surface area contributed by atoms with E-state index in [1.54, 1.807) is 6.92 Å². The molecule has 122 valence electrons. The molecule has 0 bridgehead atoms. The summed E-state index contributed by atoms with van der Waals surface area (Å²) in [6.07, 6.45) is 17.2. The maximum absolute atomic E-state index is 13.2. The average Bonchev–Trinajstić information content (AvgIpc) is 2.43. The molecule has 0 aromatic rings. The van der Waals surface area contributed by atoms with Gasteiger partial charge >= 0.3 is 0 Å². The second kappa shape index (κ2) is 15.3. The lowest BCUT2D eigenvalue weighted by atomic mass is 10.0. The molecule has 0 heterocycles. The first kappa shape index (κ1) is 19.9. The molecule has 0 aliphatic rings. The fourth-order valence-electron chi connectivity index (χ4n) is 2.62. The van der Waals surface area contributed by atoms with E-state index in [4.69, 9.17) is 5.73 Å². The molecule has 0 radical (unpaired) electrons. The monoisotopic (exact) mass is 287 g/mol. The van der Waals surface area contributed by atoms with Crippen LogP contribution in [0.15, 0.2) is 0 Å². The van der Waals surface area contributed by atoms with Crippen molar-refractivity contribution >= 4 is 0 Å². The molecule has 2 N–H and O–H groups in total. The Morgan fingerprint density at radius 2 is 1.05 bits per heavy atom. The van der Waals surface area contributed by atoms with E-state index in [0.29, 0.717) is 6.42 Å². The first-order chi connectivity index (χ1) is 9.68. The lowest BCUT2D eigenvalue weighted by molar-refractivity contribution is 0.267. The Morgan fingerprint density at radius 1 is 0.700 bits per heavy atom. The van der Waals surface area contributed by atoms with Crippen LogP contribution < -0.4 is 5.73 Å². The Labute approximate surface area is 126 Å². The molecule has 0 saturated carbocycles. The molecule has 0 aromatic carbocycles. The molecule has 0 amide bonds. The second-order valence-electron chi connectivity index (χ2n) is 6.41. The lowest BCUT2D eigenvalue weighted by Gasteiger charge is -2.11. The highest BCUT2D eigenvalue weighted by Crippen LogP contribution is 2.14. The molecule has 2 heteroatoms. The highest BCUT2D eigenvalue weighted by atomic mass is 19.1. The summed E-state index contributed by atoms with van der Waals surface area (Å²) in [5, 5.41) is 0. The molecule has 0 aliphatic carbocycles. The predicted molar refractivity (Wildman–Crippen MR) is 88.9 cm³/mol. The van der Waals surface area contributed by atoms with Crippen LogP contribution in [0.5, 0.6) is 0 Å². The minimum atomic E-state index is -0.803. The summed E-state index contributed by atoms with van der Waals surface area (Å²) in [6.45, 7) is 4.03. The van der Waals surface area contributed by atoms with Gasteiger partial charge in [-0.05, 0) is 13.3 Å². The molecule has 0 spiro atoms. The maximum Gasteiger partial charge on any atom is 0.115 e. The van der Waals surface area contributed by atoms with Crippen LogP contribution in [0, 0.1) is 0 Å². The van der Waals surface area contributed by atoms with E-state index in [2.05, 4.69) is 6.92 Å². The zero-order valence-electron chi connectivity index (χ0n) is 14.0. The van der Waals surface area contributed by atoms with Gasteiger partial charge in [-0.25, -0.2) is 4.39 Å². The van der Waals surface area contributed by atoms with Crippen LogP contribution in [0.3, 0.4) is 0 Å². The van der Waals surface area contributed by atoms with E-state index in [0.717, 1.165) is 6.42 Å². The molecule has 0 unspecified atom stereocenters. The van der Waals surface area contributed by atoms with Gasteiger partial charge < -0.3 is 5.73 Å². The van der Waals surface area contributed by atoms with Crippen molar-refractivity contribution in [1.29, 1.82) is 0 Å². The van der Waals surface area contributed by atoms with Gasteiger partial charge in [-0.2, -0.15) is 0 Å². The highest BCUT2D eigenvalue weighted by Gasteiger charge is 2.10. The topological polar surface area (TPSA) is 26.0 Å². The molecular formula is C18H38FN. The van der Waals surface area contributed by atoms with Gasteiger partial charge in [0.2, 0.25) is 0 Å². The van der Waals surface area contributed by atoms with Crippen LogP contribution in [-0.4, -0.2) is 12.2 Å². The smallest absolute Gasteiger partial charge is 0.115 e. The molecule has 0 saturated heterocycles. The van der Waals surface area contributed by atoms with Gasteiger partial charge in [0.15, 0.2) is 0 Å². The standard InChI is InChI=1S/C18H38FN/c1-3-4-5-6-7-8-9-10-11-12-13-14-15-16-18(19)17(2)20/h17-18H,3-16,20H2,1-2H3/t17-,18+/m0/s1. The van der Waals surface area contributed by atoms with Crippen molar-refractivity contribution in [3.05, 3.63) is 0 Å². The van der Waals surface area contributed by atoms with E-state index in [1.165, 1.54) is 77.0 Å². The average molecular weight is 288 g/mol. The second-order valence-corrected chi connectivity index (χ2v) is 6.41. The van der Waals surface area contributed by atoms with Crippen molar-refractivity contribution in [2.45, 2.75) is 116 Å². The van der Waals surface area contributed by atoms with Crippen molar-refractivity contribution < 1.29 is 4.39 Å². The van der Waals surface area contributed by atoms with Crippen LogP contribution >= 0.6 is 0 Å². The summed E-state index contributed by atoms with van der Waals surface area (Å²) >= 11 is 0. The van der Waals surface area contributed by atoms with Crippen molar-refractivity contribution in [3.63, 3.8) is 0 Å². The van der Waals surface area contributed by atoms with Gasteiger partial charge in [0.1, 0.15) is 6.17 Å². The molecule has 2 atom stereocenters. The van der Waals surface area contributed by atoms with Crippen LogP contribution in [-0.2, 0) is 0 Å². The zero-order chi connectivity index (χ0) is 15.1. The first-order valence-electron chi connectivity index (χ1n) is 9.08. The Balaban J connectivity index is 3.03. The third-order valence-corrected chi connectivity index (χ3v) is 4.15. The van der Waals surface area contributed by atoms with Crippen molar-refractivity contribution in [2.75, 3.05) is 0 Å². The van der Waals surface area contributed by atoms with Crippen LogP contribution in [0.1, 0.15) is 104 Å². The summed E-state index contributed by atoms with van der Waals surface area (Å²) in [6, 6.07) is -0.299. The largest absolute Gasteiger partial charge is 0.325 e. The molecule has 20 heavy (non-hydrogen) atoms. The Bertz CT molecular complexity index is 182. The summed E-state index contributed by atoms with van der Waals surface area (Å²) in [5.74, 6) is 0. The number of halogens is 1. The quantitative estimate of drug-likeness (QED) is 0.359. The Hall–Kier alpha value is -0.110. The van der Waals surface area contributed by atoms with Crippen LogP contribution in [0.4, 0.5) is 4.39 Å². The van der Waals surface area contributed by atoms with Crippen molar-refractivity contribution in [2.24, 2.45) is 5.73 Å². The van der Waals surface area contributed by atoms with E-state index >= 15 is 0 Å². The van der Waals surface area contributed by atoms with E-state index in [-0.39, 0.29) is 6.04 Å². The fourth-order valence-corrected chi connectivity index (χ4v) is 2.62. The van der Waals surface area contributed by atoms with Crippen molar-refractivity contribution in [3.8, 4) is 0 Å². The molecule has 1 nitrogen and oxygen atoms in total. The van der Waals surface area contributed by atoms with E-state index in [9.17, 15) is 4.39 Å². The number of hydrogen-bond donors (Lipinski definition) is 1. The van der Waals surface area contributed by atoms with Crippen LogP contribution in [0.2, 0.25) is 0 Å². The highest BCUT2D eigenvalue weighted by molar-refractivity contribution is 4.66. The minimum absolute atomic E-state index is 0.299. The summed E-state index contributed by atoms with van der Waals surface area (Å²) in [7, 11) is 0. The van der Waals surface area contributed by atoms with Gasteiger partial charge in [-0.15, -0.1) is 0 Å². The van der Waals surface area contributed by atoms with E-state index in [1.807, 2.05) is 0 Å². The Morgan fingerprint density at radius 3 is 1.40 bits per heavy atom. The molecule has 0 aromatic heterocycles. The summed E-state index contributed by atoms with van der Waals surface area (Å²) < 4.78 is 13.2. The minimum Gasteiger partial charge on any atom is -0.325 e. The summed E-state index contributed by atoms with van der Waals surface area (Å²) in [4.78, 5) is 0. The lowest BCUT2D eigenvalue weighted by Crippen LogP contribution is -2.27. The number of nitrogens with two attached hydrogens (primary N) is 1. The van der Waals surface area contributed by atoms with Gasteiger partial charge in [-0.1, -0.05) is 90.4 Å². The fraction of sp³-hybridized carbons (Fsp3) is 1.00. The zero-order valence-corrected chi connectivity index (χ0v) is 14.0. The van der Waals surface area contributed by atoms with Gasteiger partial charge in [0, 0.05) is 6.04 Å².